The summed E-state index contributed by atoms with van der Waals surface area (Å²) in [5.41, 5.74) is 0.457. The van der Waals surface area contributed by atoms with Gasteiger partial charge in [-0.15, -0.1) is 0 Å². The molecule has 2 aliphatic rings. The summed E-state index contributed by atoms with van der Waals surface area (Å²) >= 11 is 0. The Morgan fingerprint density at radius 1 is 1.08 bits per heavy atom. The minimum absolute atomic E-state index is 0.457. The monoisotopic (exact) mass is 166 g/mol. The maximum Gasteiger partial charge on any atom is 0.187 e. The predicted octanol–water partition coefficient (Wildman–Crippen LogP) is 0.442. The van der Waals surface area contributed by atoms with E-state index in [0.29, 0.717) is 5.66 Å². The Hall–Kier alpha value is -0.0151. The molecule has 2 heterocycles. The average Bonchev–Trinajstić information content (AvgIpc) is 2.41. The number of rotatable bonds is 0. The summed E-state index contributed by atoms with van der Waals surface area (Å²) < 4.78 is 0. The molecule has 1 atom stereocenters. The summed E-state index contributed by atoms with van der Waals surface area (Å²) in [7, 11) is 4.58. The fourth-order valence-corrected chi connectivity index (χ4v) is 2.95. The van der Waals surface area contributed by atoms with Crippen molar-refractivity contribution in [1.82, 2.24) is 9.71 Å². The average molecular weight is 166 g/mol. The lowest BCUT2D eigenvalue weighted by Gasteiger charge is -2.48. The highest BCUT2D eigenvalue weighted by atomic mass is 15.4. The molecule has 0 aromatic heterocycles. The van der Waals surface area contributed by atoms with E-state index in [9.17, 15) is 0 Å². The molecule has 1 unspecified atom stereocenters. The van der Waals surface area contributed by atoms with Gasteiger partial charge in [0.05, 0.1) is 5.66 Å². The molecule has 0 N–H and O–H groups in total. The highest BCUT2D eigenvalue weighted by Crippen LogP contribution is 2.37. The third-order valence-corrected chi connectivity index (χ3v) is 3.81. The van der Waals surface area contributed by atoms with Crippen LogP contribution in [0.15, 0.2) is 0 Å². The van der Waals surface area contributed by atoms with E-state index in [2.05, 4.69) is 24.7 Å². The Kier molecular flexibility index (Phi) is 2.17. The standard InChI is InChI=1S/C9H19BN2/c1-11-7-4-6-9(11)5-2-3-8-12(9)10/h2-8,10H2,1H3. The molecule has 0 bridgehead atoms. The number of hydrogen-bond acceptors (Lipinski definition) is 2. The summed E-state index contributed by atoms with van der Waals surface area (Å²) in [6.07, 6.45) is 6.99. The van der Waals surface area contributed by atoms with E-state index in [1.165, 1.54) is 45.2 Å². The summed E-state index contributed by atoms with van der Waals surface area (Å²) in [5, 5.41) is 0. The molecule has 0 amide bonds. The van der Waals surface area contributed by atoms with Crippen LogP contribution in [-0.2, 0) is 0 Å². The Balaban J connectivity index is 2.15. The molecule has 68 valence electrons. The van der Waals surface area contributed by atoms with E-state index in [1.807, 2.05) is 0 Å². The van der Waals surface area contributed by atoms with Crippen molar-refractivity contribution in [3.63, 3.8) is 0 Å². The molecule has 2 fully saturated rings. The van der Waals surface area contributed by atoms with Crippen molar-refractivity contribution in [3.05, 3.63) is 0 Å². The zero-order valence-electron chi connectivity index (χ0n) is 8.34. The van der Waals surface area contributed by atoms with Crippen molar-refractivity contribution in [2.75, 3.05) is 20.1 Å². The molecule has 0 aliphatic carbocycles. The first kappa shape index (κ1) is 8.58. The van der Waals surface area contributed by atoms with Crippen LogP contribution in [-0.4, -0.2) is 43.5 Å². The first-order chi connectivity index (χ1) is 5.76. The number of piperidine rings is 1. The maximum atomic E-state index is 2.57. The van der Waals surface area contributed by atoms with Gasteiger partial charge in [-0.05, 0) is 52.2 Å². The Bertz CT molecular complexity index is 174. The van der Waals surface area contributed by atoms with Crippen LogP contribution in [0.1, 0.15) is 32.1 Å². The second-order valence-electron chi connectivity index (χ2n) is 4.39. The van der Waals surface area contributed by atoms with Crippen molar-refractivity contribution < 1.29 is 0 Å². The van der Waals surface area contributed by atoms with Gasteiger partial charge in [0.15, 0.2) is 7.98 Å². The lowest BCUT2D eigenvalue weighted by atomic mass is 9.89. The summed E-state index contributed by atoms with van der Waals surface area (Å²) in [4.78, 5) is 5.13. The first-order valence-electron chi connectivity index (χ1n) is 5.18. The van der Waals surface area contributed by atoms with E-state index in [1.54, 1.807) is 0 Å². The van der Waals surface area contributed by atoms with Gasteiger partial charge >= 0.3 is 0 Å². The van der Waals surface area contributed by atoms with Gasteiger partial charge in [0.2, 0.25) is 0 Å². The molecule has 2 rings (SSSR count). The minimum atomic E-state index is 0.457. The summed E-state index contributed by atoms with van der Waals surface area (Å²) in [5.74, 6) is 0. The molecule has 2 nitrogen and oxygen atoms in total. The Morgan fingerprint density at radius 3 is 2.42 bits per heavy atom. The highest BCUT2D eigenvalue weighted by molar-refractivity contribution is 6.05. The zero-order valence-corrected chi connectivity index (χ0v) is 8.34. The third kappa shape index (κ3) is 1.11. The van der Waals surface area contributed by atoms with E-state index in [0.717, 1.165) is 0 Å². The molecule has 0 aromatic carbocycles. The second-order valence-corrected chi connectivity index (χ2v) is 4.39. The van der Waals surface area contributed by atoms with Crippen LogP contribution in [0.5, 0.6) is 0 Å². The second kappa shape index (κ2) is 3.04. The number of nitrogens with zero attached hydrogens (tertiary/aromatic N) is 2. The minimum Gasteiger partial charge on any atom is -0.332 e. The van der Waals surface area contributed by atoms with Crippen LogP contribution in [0.2, 0.25) is 0 Å². The number of hydrogen-bond donors (Lipinski definition) is 0. The van der Waals surface area contributed by atoms with E-state index < -0.39 is 0 Å². The van der Waals surface area contributed by atoms with Crippen LogP contribution in [0, 0.1) is 0 Å². The Morgan fingerprint density at radius 2 is 1.83 bits per heavy atom. The molecule has 0 aromatic rings. The topological polar surface area (TPSA) is 6.48 Å². The van der Waals surface area contributed by atoms with E-state index in [-0.39, 0.29) is 0 Å². The van der Waals surface area contributed by atoms with Gasteiger partial charge in [-0.2, -0.15) is 0 Å². The van der Waals surface area contributed by atoms with Crippen molar-refractivity contribution >= 4 is 7.98 Å². The van der Waals surface area contributed by atoms with Crippen LogP contribution in [0.3, 0.4) is 0 Å². The summed E-state index contributed by atoms with van der Waals surface area (Å²) in [6.45, 7) is 2.59. The van der Waals surface area contributed by atoms with Gasteiger partial charge in [0.1, 0.15) is 0 Å². The molecule has 3 heteroatoms. The molecule has 2 aliphatic heterocycles. The van der Waals surface area contributed by atoms with Gasteiger partial charge in [-0.1, -0.05) is 0 Å². The van der Waals surface area contributed by atoms with E-state index >= 15 is 0 Å². The van der Waals surface area contributed by atoms with Gasteiger partial charge in [-0.3, -0.25) is 4.90 Å². The molecule has 0 saturated carbocycles. The van der Waals surface area contributed by atoms with Gasteiger partial charge < -0.3 is 4.81 Å². The highest BCUT2D eigenvalue weighted by Gasteiger charge is 2.42. The fraction of sp³-hybridized carbons (Fsp3) is 1.00. The fourth-order valence-electron chi connectivity index (χ4n) is 2.95. The zero-order chi connectivity index (χ0) is 8.60. The lowest BCUT2D eigenvalue weighted by Crippen LogP contribution is -2.57. The van der Waals surface area contributed by atoms with Crippen molar-refractivity contribution in [2.45, 2.75) is 37.8 Å². The smallest absolute Gasteiger partial charge is 0.187 e. The van der Waals surface area contributed by atoms with Crippen LogP contribution in [0.4, 0.5) is 0 Å². The van der Waals surface area contributed by atoms with E-state index in [4.69, 9.17) is 0 Å². The normalized spacial score (nSPS) is 39.4. The maximum absolute atomic E-state index is 2.57. The molecular weight excluding hydrogens is 147 g/mol. The van der Waals surface area contributed by atoms with Gasteiger partial charge in [0, 0.05) is 0 Å². The molecule has 1 spiro atoms. The summed E-state index contributed by atoms with van der Waals surface area (Å²) in [6, 6.07) is 0. The first-order valence-corrected chi connectivity index (χ1v) is 5.18. The quantitative estimate of drug-likeness (QED) is 0.482. The van der Waals surface area contributed by atoms with Crippen LogP contribution in [0.25, 0.3) is 0 Å². The van der Waals surface area contributed by atoms with Crippen molar-refractivity contribution in [2.24, 2.45) is 0 Å². The van der Waals surface area contributed by atoms with Gasteiger partial charge in [-0.25, -0.2) is 0 Å². The molecule has 12 heavy (non-hydrogen) atoms. The Labute approximate surface area is 76.3 Å². The SMILES string of the molecule is BN1CCCCC12CCCN2C. The van der Waals surface area contributed by atoms with Crippen LogP contribution < -0.4 is 0 Å². The van der Waals surface area contributed by atoms with Crippen LogP contribution >= 0.6 is 0 Å². The van der Waals surface area contributed by atoms with Crippen molar-refractivity contribution in [1.29, 1.82) is 0 Å². The lowest BCUT2D eigenvalue weighted by molar-refractivity contribution is 0.0139. The largest absolute Gasteiger partial charge is 0.332 e. The van der Waals surface area contributed by atoms with Crippen molar-refractivity contribution in [3.8, 4) is 0 Å². The number of likely N-dealkylation sites (tertiary alicyclic amines) is 1. The molecule has 0 radical (unpaired) electrons. The molecular formula is C9H19BN2. The van der Waals surface area contributed by atoms with Gasteiger partial charge in [0.25, 0.3) is 0 Å². The molecule has 2 saturated heterocycles. The predicted molar refractivity (Wildman–Crippen MR) is 53.7 cm³/mol. The third-order valence-electron chi connectivity index (χ3n) is 3.81.